The standard InChI is InChI=1S/C10H18N4O/c1-4-14(5-2)10-12-8(7-11-3)6-9(15)13-10/h6,11H,4-5,7H2,1-3H3,(H,12,13,15). The molecule has 0 amide bonds. The van der Waals surface area contributed by atoms with Crippen molar-refractivity contribution in [1.29, 1.82) is 0 Å². The normalized spacial score (nSPS) is 10.3. The molecule has 0 spiro atoms. The van der Waals surface area contributed by atoms with E-state index >= 15 is 0 Å². The van der Waals surface area contributed by atoms with Crippen molar-refractivity contribution in [2.75, 3.05) is 25.0 Å². The van der Waals surface area contributed by atoms with E-state index in [1.165, 1.54) is 6.07 Å². The van der Waals surface area contributed by atoms with Gasteiger partial charge in [-0.15, -0.1) is 0 Å². The minimum atomic E-state index is -0.0999. The van der Waals surface area contributed by atoms with Crippen LogP contribution in [0.2, 0.25) is 0 Å². The van der Waals surface area contributed by atoms with Gasteiger partial charge in [-0.1, -0.05) is 0 Å². The summed E-state index contributed by atoms with van der Waals surface area (Å²) in [5.41, 5.74) is 0.667. The van der Waals surface area contributed by atoms with Gasteiger partial charge in [0.2, 0.25) is 5.95 Å². The lowest BCUT2D eigenvalue weighted by Crippen LogP contribution is -2.27. The Morgan fingerprint density at radius 3 is 2.67 bits per heavy atom. The lowest BCUT2D eigenvalue weighted by molar-refractivity contribution is 0.759. The highest BCUT2D eigenvalue weighted by molar-refractivity contribution is 5.29. The van der Waals surface area contributed by atoms with E-state index in [0.29, 0.717) is 12.5 Å². The Bertz CT molecular complexity index is 357. The molecule has 0 unspecified atom stereocenters. The van der Waals surface area contributed by atoms with Crippen LogP contribution in [0.3, 0.4) is 0 Å². The van der Waals surface area contributed by atoms with Gasteiger partial charge in [0, 0.05) is 25.7 Å². The van der Waals surface area contributed by atoms with E-state index in [4.69, 9.17) is 0 Å². The molecule has 1 heterocycles. The van der Waals surface area contributed by atoms with Crippen LogP contribution in [0.1, 0.15) is 19.5 Å². The van der Waals surface area contributed by atoms with Crippen LogP contribution < -0.4 is 15.8 Å². The number of hydrogen-bond donors (Lipinski definition) is 2. The second-order valence-electron chi connectivity index (χ2n) is 3.26. The fourth-order valence-electron chi connectivity index (χ4n) is 1.44. The minimum Gasteiger partial charge on any atom is -0.343 e. The molecule has 0 aromatic carbocycles. The van der Waals surface area contributed by atoms with Gasteiger partial charge in [-0.2, -0.15) is 0 Å². The van der Waals surface area contributed by atoms with Crippen molar-refractivity contribution >= 4 is 5.95 Å². The first-order valence-corrected chi connectivity index (χ1v) is 5.21. The lowest BCUT2D eigenvalue weighted by atomic mass is 10.4. The van der Waals surface area contributed by atoms with Crippen molar-refractivity contribution < 1.29 is 0 Å². The summed E-state index contributed by atoms with van der Waals surface area (Å²) in [6.07, 6.45) is 0. The van der Waals surface area contributed by atoms with Crippen molar-refractivity contribution in [3.63, 3.8) is 0 Å². The SMILES string of the molecule is CCN(CC)c1nc(CNC)cc(=O)[nH]1. The van der Waals surface area contributed by atoms with Gasteiger partial charge in [-0.25, -0.2) is 4.98 Å². The quantitative estimate of drug-likeness (QED) is 0.735. The molecular weight excluding hydrogens is 192 g/mol. The highest BCUT2D eigenvalue weighted by Gasteiger charge is 2.06. The van der Waals surface area contributed by atoms with Gasteiger partial charge in [0.05, 0.1) is 5.69 Å². The molecule has 0 atom stereocenters. The smallest absolute Gasteiger partial charge is 0.252 e. The summed E-state index contributed by atoms with van der Waals surface area (Å²) in [6.45, 7) is 6.35. The van der Waals surface area contributed by atoms with Crippen molar-refractivity contribution in [2.45, 2.75) is 20.4 Å². The zero-order valence-corrected chi connectivity index (χ0v) is 9.50. The topological polar surface area (TPSA) is 61.0 Å². The van der Waals surface area contributed by atoms with Gasteiger partial charge < -0.3 is 10.2 Å². The van der Waals surface area contributed by atoms with Crippen LogP contribution in [0.5, 0.6) is 0 Å². The van der Waals surface area contributed by atoms with Crippen LogP contribution in [0.15, 0.2) is 10.9 Å². The highest BCUT2D eigenvalue weighted by Crippen LogP contribution is 2.04. The number of aromatic nitrogens is 2. The molecule has 5 nitrogen and oxygen atoms in total. The van der Waals surface area contributed by atoms with Crippen LogP contribution in [0.4, 0.5) is 5.95 Å². The number of hydrogen-bond acceptors (Lipinski definition) is 4. The Hall–Kier alpha value is -1.36. The molecule has 2 N–H and O–H groups in total. The fourth-order valence-corrected chi connectivity index (χ4v) is 1.44. The molecule has 5 heteroatoms. The predicted octanol–water partition coefficient (Wildman–Crippen LogP) is 0.335. The van der Waals surface area contributed by atoms with E-state index in [2.05, 4.69) is 15.3 Å². The Morgan fingerprint density at radius 1 is 1.47 bits per heavy atom. The summed E-state index contributed by atoms with van der Waals surface area (Å²) in [5.74, 6) is 0.651. The summed E-state index contributed by atoms with van der Waals surface area (Å²) in [7, 11) is 1.83. The molecule has 0 bridgehead atoms. The highest BCUT2D eigenvalue weighted by atomic mass is 16.1. The third kappa shape index (κ3) is 3.06. The molecule has 15 heavy (non-hydrogen) atoms. The number of nitrogens with zero attached hydrogens (tertiary/aromatic N) is 2. The van der Waals surface area contributed by atoms with Crippen LogP contribution in [-0.4, -0.2) is 30.1 Å². The van der Waals surface area contributed by atoms with Crippen molar-refractivity contribution in [1.82, 2.24) is 15.3 Å². The first kappa shape index (κ1) is 11.7. The van der Waals surface area contributed by atoms with Crippen LogP contribution in [0, 0.1) is 0 Å². The summed E-state index contributed by atoms with van der Waals surface area (Å²) in [4.78, 5) is 20.5. The average molecular weight is 210 g/mol. The summed E-state index contributed by atoms with van der Waals surface area (Å²) < 4.78 is 0. The van der Waals surface area contributed by atoms with Crippen molar-refractivity contribution in [2.24, 2.45) is 0 Å². The van der Waals surface area contributed by atoms with E-state index in [1.54, 1.807) is 0 Å². The van der Waals surface area contributed by atoms with Crippen molar-refractivity contribution in [3.8, 4) is 0 Å². The molecule has 84 valence electrons. The summed E-state index contributed by atoms with van der Waals surface area (Å²) in [6, 6.07) is 1.52. The van der Waals surface area contributed by atoms with Gasteiger partial charge in [0.25, 0.3) is 5.56 Å². The molecule has 0 saturated carbocycles. The first-order chi connectivity index (χ1) is 7.21. The Morgan fingerprint density at radius 2 is 2.13 bits per heavy atom. The van der Waals surface area contributed by atoms with E-state index in [9.17, 15) is 4.79 Å². The second-order valence-corrected chi connectivity index (χ2v) is 3.26. The van der Waals surface area contributed by atoms with E-state index in [0.717, 1.165) is 18.8 Å². The Kier molecular flexibility index (Phi) is 4.30. The van der Waals surface area contributed by atoms with Gasteiger partial charge in [0.15, 0.2) is 0 Å². The number of H-pyrrole nitrogens is 1. The molecule has 1 aromatic heterocycles. The van der Waals surface area contributed by atoms with Gasteiger partial charge in [0.1, 0.15) is 0 Å². The molecular formula is C10H18N4O. The maximum Gasteiger partial charge on any atom is 0.252 e. The Balaban J connectivity index is 3.02. The van der Waals surface area contributed by atoms with Gasteiger partial charge >= 0.3 is 0 Å². The van der Waals surface area contributed by atoms with Gasteiger partial charge in [-0.05, 0) is 20.9 Å². The minimum absolute atomic E-state index is 0.0999. The van der Waals surface area contributed by atoms with E-state index < -0.39 is 0 Å². The van der Waals surface area contributed by atoms with E-state index in [1.807, 2.05) is 25.8 Å². The largest absolute Gasteiger partial charge is 0.343 e. The maximum atomic E-state index is 11.4. The zero-order chi connectivity index (χ0) is 11.3. The van der Waals surface area contributed by atoms with Gasteiger partial charge in [-0.3, -0.25) is 9.78 Å². The second kappa shape index (κ2) is 5.50. The average Bonchev–Trinajstić information content (AvgIpc) is 2.19. The van der Waals surface area contributed by atoms with Crippen LogP contribution >= 0.6 is 0 Å². The molecule has 0 aliphatic heterocycles. The fraction of sp³-hybridized carbons (Fsp3) is 0.600. The number of anilines is 1. The lowest BCUT2D eigenvalue weighted by Gasteiger charge is -2.19. The zero-order valence-electron chi connectivity index (χ0n) is 9.50. The number of rotatable bonds is 5. The molecule has 1 aromatic rings. The molecule has 0 aliphatic rings. The van der Waals surface area contributed by atoms with E-state index in [-0.39, 0.29) is 5.56 Å². The number of nitrogens with one attached hydrogen (secondary N) is 2. The molecule has 0 saturated heterocycles. The Labute approximate surface area is 89.5 Å². The maximum absolute atomic E-state index is 11.4. The summed E-state index contributed by atoms with van der Waals surface area (Å²) >= 11 is 0. The van der Waals surface area contributed by atoms with Crippen LogP contribution in [-0.2, 0) is 6.54 Å². The monoisotopic (exact) mass is 210 g/mol. The third-order valence-electron chi connectivity index (χ3n) is 2.20. The molecule has 0 radical (unpaired) electrons. The first-order valence-electron chi connectivity index (χ1n) is 5.21. The van der Waals surface area contributed by atoms with Crippen LogP contribution in [0.25, 0.3) is 0 Å². The molecule has 1 rings (SSSR count). The van der Waals surface area contributed by atoms with Crippen molar-refractivity contribution in [3.05, 3.63) is 22.1 Å². The summed E-state index contributed by atoms with van der Waals surface area (Å²) in [5, 5.41) is 2.98. The molecule has 0 fully saturated rings. The number of aromatic amines is 1. The third-order valence-corrected chi connectivity index (χ3v) is 2.20. The predicted molar refractivity (Wildman–Crippen MR) is 61.2 cm³/mol. The molecule has 0 aliphatic carbocycles.